The summed E-state index contributed by atoms with van der Waals surface area (Å²) in [5.41, 5.74) is 5.53. The molecule has 2 amide bonds. The van der Waals surface area contributed by atoms with Gasteiger partial charge in [0.1, 0.15) is 17.8 Å². The summed E-state index contributed by atoms with van der Waals surface area (Å²) < 4.78 is 5.75. The van der Waals surface area contributed by atoms with Gasteiger partial charge >= 0.3 is 5.97 Å². The molecule has 5 aromatic rings. The van der Waals surface area contributed by atoms with Gasteiger partial charge in [0.05, 0.1) is 11.0 Å². The molecule has 0 aliphatic rings. The van der Waals surface area contributed by atoms with Gasteiger partial charge in [-0.3, -0.25) is 14.4 Å². The molecule has 3 aromatic carbocycles. The highest BCUT2D eigenvalue weighted by atomic mass is 32.1. The van der Waals surface area contributed by atoms with Crippen molar-refractivity contribution < 1.29 is 24.2 Å². The SMILES string of the molecule is CC(C)Oc1ccc(-c2ccc(-c3cnc(-c4ccc(C[C@H](NC(=O)c5ccc(C(C)(C)C)s5)C(=O)N[C@H](C)C(=O)O)cc4)nc3)cc2)cc1. The van der Waals surface area contributed by atoms with Crippen LogP contribution in [-0.4, -0.2) is 51.0 Å². The molecule has 0 aliphatic carbocycles. The lowest BCUT2D eigenvalue weighted by Gasteiger charge is -2.20. The van der Waals surface area contributed by atoms with Crippen molar-refractivity contribution in [3.05, 3.63) is 113 Å². The number of carbonyl (C=O) groups is 3. The Labute approximate surface area is 296 Å². The number of rotatable bonds is 12. The van der Waals surface area contributed by atoms with Crippen LogP contribution in [0.3, 0.4) is 0 Å². The molecule has 0 aliphatic heterocycles. The van der Waals surface area contributed by atoms with Gasteiger partial charge in [-0.15, -0.1) is 11.3 Å². The molecule has 0 spiro atoms. The molecule has 0 saturated heterocycles. The Morgan fingerprint density at radius 2 is 1.28 bits per heavy atom. The summed E-state index contributed by atoms with van der Waals surface area (Å²) in [6.07, 6.45) is 3.87. The van der Waals surface area contributed by atoms with Crippen LogP contribution in [0.2, 0.25) is 0 Å². The van der Waals surface area contributed by atoms with Crippen molar-refractivity contribution in [1.82, 2.24) is 20.6 Å². The van der Waals surface area contributed by atoms with Crippen molar-refractivity contribution in [3.63, 3.8) is 0 Å². The maximum atomic E-state index is 13.2. The number of carboxylic acids is 1. The van der Waals surface area contributed by atoms with Gasteiger partial charge in [0.2, 0.25) is 5.91 Å². The van der Waals surface area contributed by atoms with Crippen LogP contribution < -0.4 is 15.4 Å². The maximum Gasteiger partial charge on any atom is 0.325 e. The average molecular weight is 691 g/mol. The quantitative estimate of drug-likeness (QED) is 0.123. The fourth-order valence-corrected chi connectivity index (χ4v) is 6.15. The molecule has 258 valence electrons. The van der Waals surface area contributed by atoms with Crippen molar-refractivity contribution in [1.29, 1.82) is 0 Å². The topological polar surface area (TPSA) is 131 Å². The summed E-state index contributed by atoms with van der Waals surface area (Å²) in [7, 11) is 0. The van der Waals surface area contributed by atoms with Crippen LogP contribution in [0.4, 0.5) is 0 Å². The van der Waals surface area contributed by atoms with Gasteiger partial charge in [0.15, 0.2) is 5.82 Å². The molecule has 3 N–H and O–H groups in total. The molecule has 0 saturated carbocycles. The van der Waals surface area contributed by atoms with Crippen molar-refractivity contribution >= 4 is 29.1 Å². The van der Waals surface area contributed by atoms with Crippen molar-refractivity contribution in [2.24, 2.45) is 0 Å². The monoisotopic (exact) mass is 690 g/mol. The number of hydrogen-bond acceptors (Lipinski definition) is 7. The van der Waals surface area contributed by atoms with Gasteiger partial charge in [0.25, 0.3) is 5.91 Å². The Morgan fingerprint density at radius 1 is 0.740 bits per heavy atom. The molecular formula is C40H42N4O5S. The van der Waals surface area contributed by atoms with E-state index < -0.39 is 24.0 Å². The Bertz CT molecular complexity index is 1930. The summed E-state index contributed by atoms with van der Waals surface area (Å²) in [5.74, 6) is -0.738. The lowest BCUT2D eigenvalue weighted by atomic mass is 9.95. The van der Waals surface area contributed by atoms with Crippen molar-refractivity contribution in [3.8, 4) is 39.4 Å². The molecule has 5 rings (SSSR count). The molecular weight excluding hydrogens is 649 g/mol. The molecule has 50 heavy (non-hydrogen) atoms. The predicted octanol–water partition coefficient (Wildman–Crippen LogP) is 7.55. The van der Waals surface area contributed by atoms with E-state index in [1.165, 1.54) is 18.3 Å². The first-order chi connectivity index (χ1) is 23.8. The third-order valence-electron chi connectivity index (χ3n) is 8.00. The Kier molecular flexibility index (Phi) is 11.1. The first-order valence-corrected chi connectivity index (χ1v) is 17.3. The molecule has 0 bridgehead atoms. The number of carbonyl (C=O) groups excluding carboxylic acids is 2. The second-order valence-corrected chi connectivity index (χ2v) is 14.6. The molecule has 0 radical (unpaired) electrons. The number of amides is 2. The predicted molar refractivity (Wildman–Crippen MR) is 197 cm³/mol. The lowest BCUT2D eigenvalue weighted by molar-refractivity contribution is -0.141. The van der Waals surface area contributed by atoms with E-state index in [2.05, 4.69) is 53.5 Å². The molecule has 2 heterocycles. The third-order valence-corrected chi connectivity index (χ3v) is 9.51. The van der Waals surface area contributed by atoms with E-state index in [9.17, 15) is 19.5 Å². The Morgan fingerprint density at radius 3 is 1.80 bits per heavy atom. The van der Waals surface area contributed by atoms with E-state index in [-0.39, 0.29) is 23.8 Å². The molecule has 0 fully saturated rings. The number of benzene rings is 3. The minimum absolute atomic E-state index is 0.119. The second kappa shape index (κ2) is 15.5. The van der Waals surface area contributed by atoms with Gasteiger partial charge in [0, 0.05) is 34.8 Å². The van der Waals surface area contributed by atoms with Crippen LogP contribution >= 0.6 is 11.3 Å². The highest BCUT2D eigenvalue weighted by Crippen LogP contribution is 2.30. The van der Waals surface area contributed by atoms with E-state index in [0.717, 1.165) is 44.0 Å². The standard InChI is InChI=1S/C40H42N4O5S/c1-24(2)49-32-17-15-28(16-18-32)27-11-13-29(14-12-27)31-22-41-36(42-23-31)30-9-7-26(8-10-30)21-33(37(45)43-25(3)39(47)48)44-38(46)34-19-20-35(50-34)40(4,5)6/h7-20,22-25,33H,21H2,1-6H3,(H,43,45)(H,44,46)(H,47,48)/t25-,33+/m1/s1. The molecule has 2 atom stereocenters. The minimum atomic E-state index is -1.16. The van der Waals surface area contributed by atoms with Gasteiger partial charge < -0.3 is 20.5 Å². The van der Waals surface area contributed by atoms with Crippen LogP contribution in [0, 0.1) is 0 Å². The number of aliphatic carboxylic acids is 1. The van der Waals surface area contributed by atoms with Crippen LogP contribution in [0.25, 0.3) is 33.6 Å². The number of nitrogens with one attached hydrogen (secondary N) is 2. The van der Waals surface area contributed by atoms with E-state index in [1.54, 1.807) is 18.5 Å². The second-order valence-electron chi connectivity index (χ2n) is 13.5. The summed E-state index contributed by atoms with van der Waals surface area (Å²) in [5, 5.41) is 14.6. The third kappa shape index (κ3) is 9.21. The van der Waals surface area contributed by atoms with Gasteiger partial charge in [-0.25, -0.2) is 9.97 Å². The first kappa shape index (κ1) is 35.9. The highest BCUT2D eigenvalue weighted by Gasteiger charge is 2.26. The molecule has 9 nitrogen and oxygen atoms in total. The Hall–Kier alpha value is -5.35. The number of aromatic nitrogens is 2. The largest absolute Gasteiger partial charge is 0.491 e. The fourth-order valence-electron chi connectivity index (χ4n) is 5.18. The summed E-state index contributed by atoms with van der Waals surface area (Å²) >= 11 is 1.37. The number of ether oxygens (including phenoxy) is 1. The van der Waals surface area contributed by atoms with E-state index in [1.807, 2.05) is 80.6 Å². The summed E-state index contributed by atoms with van der Waals surface area (Å²) in [6.45, 7) is 11.6. The van der Waals surface area contributed by atoms with E-state index in [4.69, 9.17) is 4.74 Å². The molecule has 0 unspecified atom stereocenters. The first-order valence-electron chi connectivity index (χ1n) is 16.5. The molecule has 10 heteroatoms. The molecule has 2 aromatic heterocycles. The maximum absolute atomic E-state index is 13.2. The average Bonchev–Trinajstić information content (AvgIpc) is 3.60. The minimum Gasteiger partial charge on any atom is -0.491 e. The van der Waals surface area contributed by atoms with Crippen LogP contribution in [-0.2, 0) is 21.4 Å². The van der Waals surface area contributed by atoms with Gasteiger partial charge in [-0.1, -0.05) is 81.4 Å². The zero-order chi connectivity index (χ0) is 36.0. The number of hydrogen-bond donors (Lipinski definition) is 3. The highest BCUT2D eigenvalue weighted by molar-refractivity contribution is 7.14. The van der Waals surface area contributed by atoms with Crippen LogP contribution in [0.1, 0.15) is 61.7 Å². The van der Waals surface area contributed by atoms with Gasteiger partial charge in [-0.05, 0) is 72.7 Å². The van der Waals surface area contributed by atoms with E-state index >= 15 is 0 Å². The summed E-state index contributed by atoms with van der Waals surface area (Å²) in [6, 6.07) is 25.3. The zero-order valence-electron chi connectivity index (χ0n) is 29.1. The normalized spacial score (nSPS) is 12.6. The number of thiophene rings is 1. The Balaban J connectivity index is 1.26. The fraction of sp³-hybridized carbons (Fsp3) is 0.275. The van der Waals surface area contributed by atoms with Crippen LogP contribution in [0.5, 0.6) is 5.75 Å². The smallest absolute Gasteiger partial charge is 0.325 e. The van der Waals surface area contributed by atoms with Crippen molar-refractivity contribution in [2.75, 3.05) is 0 Å². The van der Waals surface area contributed by atoms with Crippen LogP contribution in [0.15, 0.2) is 97.3 Å². The van der Waals surface area contributed by atoms with E-state index in [0.29, 0.717) is 10.7 Å². The number of carboxylic acid groups (broad SMARTS) is 1. The summed E-state index contributed by atoms with van der Waals surface area (Å²) in [4.78, 5) is 48.5. The zero-order valence-corrected chi connectivity index (χ0v) is 29.9. The lowest BCUT2D eigenvalue weighted by Crippen LogP contribution is -2.51. The van der Waals surface area contributed by atoms with Crippen molar-refractivity contribution in [2.45, 2.75) is 71.6 Å². The van der Waals surface area contributed by atoms with Gasteiger partial charge in [-0.2, -0.15) is 0 Å². The number of nitrogens with zero attached hydrogens (tertiary/aromatic N) is 2.